The number of rotatable bonds is 7. The third-order valence-electron chi connectivity index (χ3n) is 2.52. The molecule has 1 unspecified atom stereocenters. The summed E-state index contributed by atoms with van der Waals surface area (Å²) in [5, 5.41) is 11.9. The van der Waals surface area contributed by atoms with Crippen LogP contribution in [0.2, 0.25) is 0 Å². The van der Waals surface area contributed by atoms with Crippen molar-refractivity contribution in [2.24, 2.45) is 0 Å². The Kier molecular flexibility index (Phi) is 7.45. The summed E-state index contributed by atoms with van der Waals surface area (Å²) >= 11 is 0. The molecule has 0 heterocycles. The van der Waals surface area contributed by atoms with Gasteiger partial charge in [-0.3, -0.25) is 0 Å². The Hall–Kier alpha value is -0.590. The van der Waals surface area contributed by atoms with E-state index in [0.29, 0.717) is 6.04 Å². The predicted octanol–water partition coefficient (Wildman–Crippen LogP) is 1.61. The number of nitrogens with one attached hydrogen (secondary N) is 1. The van der Waals surface area contributed by atoms with Gasteiger partial charge in [-0.2, -0.15) is 5.26 Å². The van der Waals surface area contributed by atoms with Crippen LogP contribution in [0.5, 0.6) is 0 Å². The molecule has 3 heteroatoms. The van der Waals surface area contributed by atoms with Crippen LogP contribution in [0.25, 0.3) is 0 Å². The first kappa shape index (κ1) is 13.4. The largest absolute Gasteiger partial charge is 0.304 e. The zero-order valence-electron chi connectivity index (χ0n) is 9.88. The molecule has 0 aromatic rings. The lowest BCUT2D eigenvalue weighted by molar-refractivity contribution is 0.268. The minimum atomic E-state index is 0.0272. The molecule has 0 spiro atoms. The van der Waals surface area contributed by atoms with Crippen molar-refractivity contribution < 1.29 is 0 Å². The van der Waals surface area contributed by atoms with Crippen molar-refractivity contribution in [1.82, 2.24) is 10.2 Å². The van der Waals surface area contributed by atoms with Crippen molar-refractivity contribution in [3.63, 3.8) is 0 Å². The van der Waals surface area contributed by atoms with Gasteiger partial charge in [0.2, 0.25) is 0 Å². The highest BCUT2D eigenvalue weighted by atomic mass is 15.1. The van der Waals surface area contributed by atoms with Gasteiger partial charge in [-0.1, -0.05) is 6.92 Å². The van der Waals surface area contributed by atoms with Crippen LogP contribution >= 0.6 is 0 Å². The molecule has 0 amide bonds. The minimum absolute atomic E-state index is 0.0272. The zero-order valence-corrected chi connectivity index (χ0v) is 9.88. The second-order valence-corrected chi connectivity index (χ2v) is 3.97. The quantitative estimate of drug-likeness (QED) is 0.630. The van der Waals surface area contributed by atoms with E-state index < -0.39 is 0 Å². The molecule has 14 heavy (non-hydrogen) atoms. The molecule has 0 aliphatic rings. The molecule has 0 aliphatic heterocycles. The van der Waals surface area contributed by atoms with E-state index in [4.69, 9.17) is 5.26 Å². The van der Waals surface area contributed by atoms with E-state index in [-0.39, 0.29) is 6.04 Å². The maximum absolute atomic E-state index is 8.70. The maximum atomic E-state index is 8.70. The van der Waals surface area contributed by atoms with Crippen LogP contribution in [-0.4, -0.2) is 37.1 Å². The molecule has 0 saturated heterocycles. The average molecular weight is 197 g/mol. The zero-order chi connectivity index (χ0) is 11.0. The van der Waals surface area contributed by atoms with Gasteiger partial charge in [0.25, 0.3) is 0 Å². The van der Waals surface area contributed by atoms with Gasteiger partial charge in [-0.05, 0) is 46.8 Å². The minimum Gasteiger partial charge on any atom is -0.304 e. The fourth-order valence-electron chi connectivity index (χ4n) is 1.14. The topological polar surface area (TPSA) is 39.1 Å². The number of nitriles is 1. The van der Waals surface area contributed by atoms with Crippen LogP contribution in [0.1, 0.15) is 33.6 Å². The Labute approximate surface area is 88.1 Å². The first-order chi connectivity index (χ1) is 6.61. The van der Waals surface area contributed by atoms with Crippen molar-refractivity contribution in [1.29, 1.82) is 5.26 Å². The lowest BCUT2D eigenvalue weighted by Gasteiger charge is -2.21. The monoisotopic (exact) mass is 197 g/mol. The molecular formula is C11H23N3. The summed E-state index contributed by atoms with van der Waals surface area (Å²) in [5.41, 5.74) is 0. The van der Waals surface area contributed by atoms with Crippen LogP contribution in [0.15, 0.2) is 0 Å². The molecule has 0 bridgehead atoms. The van der Waals surface area contributed by atoms with Gasteiger partial charge in [0.05, 0.1) is 12.1 Å². The van der Waals surface area contributed by atoms with Crippen LogP contribution < -0.4 is 5.32 Å². The van der Waals surface area contributed by atoms with Gasteiger partial charge in [-0.15, -0.1) is 0 Å². The van der Waals surface area contributed by atoms with Crippen molar-refractivity contribution in [2.45, 2.75) is 45.7 Å². The fraction of sp³-hybridized carbons (Fsp3) is 0.909. The SMILES string of the molecule is CCC(C#N)NCCCN(C)C(C)C. The van der Waals surface area contributed by atoms with E-state index in [1.54, 1.807) is 0 Å². The molecule has 1 N–H and O–H groups in total. The molecule has 0 rings (SSSR count). The van der Waals surface area contributed by atoms with E-state index in [2.05, 4.69) is 37.2 Å². The van der Waals surface area contributed by atoms with Gasteiger partial charge in [-0.25, -0.2) is 0 Å². The number of hydrogen-bond acceptors (Lipinski definition) is 3. The lowest BCUT2D eigenvalue weighted by atomic mass is 10.2. The standard InChI is InChI=1S/C11H23N3/c1-5-11(9-12)13-7-6-8-14(4)10(2)3/h10-11,13H,5-8H2,1-4H3. The summed E-state index contributed by atoms with van der Waals surface area (Å²) in [7, 11) is 2.13. The van der Waals surface area contributed by atoms with Crippen molar-refractivity contribution in [2.75, 3.05) is 20.1 Å². The first-order valence-electron chi connectivity index (χ1n) is 5.45. The summed E-state index contributed by atoms with van der Waals surface area (Å²) in [6, 6.07) is 2.87. The predicted molar refractivity (Wildman–Crippen MR) is 60.1 cm³/mol. The second-order valence-electron chi connectivity index (χ2n) is 3.97. The van der Waals surface area contributed by atoms with Gasteiger partial charge < -0.3 is 10.2 Å². The van der Waals surface area contributed by atoms with Gasteiger partial charge in [0, 0.05) is 6.04 Å². The average Bonchev–Trinajstić information content (AvgIpc) is 2.17. The van der Waals surface area contributed by atoms with Gasteiger partial charge in [0.15, 0.2) is 0 Å². The summed E-state index contributed by atoms with van der Waals surface area (Å²) in [4.78, 5) is 2.31. The highest BCUT2D eigenvalue weighted by molar-refractivity contribution is 4.88. The van der Waals surface area contributed by atoms with Crippen molar-refractivity contribution in [3.05, 3.63) is 0 Å². The first-order valence-corrected chi connectivity index (χ1v) is 5.45. The Bertz CT molecular complexity index is 172. The van der Waals surface area contributed by atoms with Crippen molar-refractivity contribution >= 4 is 0 Å². The molecule has 82 valence electrons. The molecule has 0 radical (unpaired) electrons. The van der Waals surface area contributed by atoms with Crippen molar-refractivity contribution in [3.8, 4) is 6.07 Å². The van der Waals surface area contributed by atoms with E-state index in [1.165, 1.54) is 0 Å². The summed E-state index contributed by atoms with van der Waals surface area (Å²) in [6.07, 6.45) is 1.99. The smallest absolute Gasteiger partial charge is 0.0950 e. The Morgan fingerprint density at radius 2 is 2.07 bits per heavy atom. The highest BCUT2D eigenvalue weighted by Gasteiger charge is 2.04. The molecule has 3 nitrogen and oxygen atoms in total. The summed E-state index contributed by atoms with van der Waals surface area (Å²) in [5.74, 6) is 0. The molecule has 0 aromatic carbocycles. The third kappa shape index (κ3) is 5.95. The number of hydrogen-bond donors (Lipinski definition) is 1. The Morgan fingerprint density at radius 1 is 1.43 bits per heavy atom. The van der Waals surface area contributed by atoms with Crippen LogP contribution in [0.3, 0.4) is 0 Å². The molecule has 0 saturated carbocycles. The summed E-state index contributed by atoms with van der Waals surface area (Å²) in [6.45, 7) is 8.44. The molecule has 0 aliphatic carbocycles. The van der Waals surface area contributed by atoms with E-state index in [1.807, 2.05) is 6.92 Å². The van der Waals surface area contributed by atoms with E-state index in [0.717, 1.165) is 25.9 Å². The second kappa shape index (κ2) is 7.78. The van der Waals surface area contributed by atoms with Crippen LogP contribution in [0, 0.1) is 11.3 Å². The molecular weight excluding hydrogens is 174 g/mol. The molecule has 1 atom stereocenters. The Morgan fingerprint density at radius 3 is 2.50 bits per heavy atom. The lowest BCUT2D eigenvalue weighted by Crippen LogP contribution is -2.32. The summed E-state index contributed by atoms with van der Waals surface area (Å²) < 4.78 is 0. The maximum Gasteiger partial charge on any atom is 0.0950 e. The molecule has 0 aromatic heterocycles. The van der Waals surface area contributed by atoms with Crippen LogP contribution in [-0.2, 0) is 0 Å². The van der Waals surface area contributed by atoms with Crippen LogP contribution in [0.4, 0.5) is 0 Å². The normalized spacial score (nSPS) is 13.2. The van der Waals surface area contributed by atoms with Gasteiger partial charge in [0.1, 0.15) is 0 Å². The third-order valence-corrected chi connectivity index (χ3v) is 2.52. The van der Waals surface area contributed by atoms with Gasteiger partial charge >= 0.3 is 0 Å². The number of nitrogens with zero attached hydrogens (tertiary/aromatic N) is 2. The van der Waals surface area contributed by atoms with E-state index in [9.17, 15) is 0 Å². The van der Waals surface area contributed by atoms with E-state index >= 15 is 0 Å². The fourth-order valence-corrected chi connectivity index (χ4v) is 1.14. The highest BCUT2D eigenvalue weighted by Crippen LogP contribution is 1.95. The Balaban J connectivity index is 3.42. The molecule has 0 fully saturated rings.